The van der Waals surface area contributed by atoms with Gasteiger partial charge in [0, 0.05) is 31.8 Å². The lowest BCUT2D eigenvalue weighted by molar-refractivity contribution is 0.501. The molecule has 3 aromatic rings. The van der Waals surface area contributed by atoms with E-state index in [1.165, 1.54) is 19.5 Å². The topological polar surface area (TPSA) is 13.1 Å². The number of hydrogen-bond acceptors (Lipinski definition) is 3. The second-order valence-electron chi connectivity index (χ2n) is 5.56. The van der Waals surface area contributed by atoms with Crippen LogP contribution in [-0.4, -0.2) is 0 Å². The van der Waals surface area contributed by atoms with Crippen molar-refractivity contribution in [3.63, 3.8) is 0 Å². The standard InChI is InChI=1S/C20H22OS2/c1-3-17-9-10-19(22-17)8-7-15(14-16-6-5-13-21-16)20-12-11-18(4-2)23-20/h5-13,15H,3-4,14H2,1-2H3/b8-7+. The van der Waals surface area contributed by atoms with Crippen LogP contribution >= 0.6 is 22.7 Å². The van der Waals surface area contributed by atoms with E-state index in [1.807, 2.05) is 28.7 Å². The van der Waals surface area contributed by atoms with Gasteiger partial charge in [0.2, 0.25) is 0 Å². The molecule has 0 aliphatic carbocycles. The Labute approximate surface area is 146 Å². The Morgan fingerprint density at radius 3 is 2.43 bits per heavy atom. The van der Waals surface area contributed by atoms with Crippen molar-refractivity contribution >= 4 is 28.7 Å². The molecular formula is C20H22OS2. The van der Waals surface area contributed by atoms with E-state index in [2.05, 4.69) is 56.3 Å². The first-order valence-electron chi connectivity index (χ1n) is 8.16. The molecule has 0 radical (unpaired) electrons. The van der Waals surface area contributed by atoms with Crippen LogP contribution in [0, 0.1) is 0 Å². The zero-order valence-electron chi connectivity index (χ0n) is 13.6. The van der Waals surface area contributed by atoms with Gasteiger partial charge in [0.25, 0.3) is 0 Å². The van der Waals surface area contributed by atoms with Gasteiger partial charge in [-0.25, -0.2) is 0 Å². The predicted octanol–water partition coefficient (Wildman–Crippen LogP) is 6.57. The van der Waals surface area contributed by atoms with E-state index in [1.54, 1.807) is 6.26 Å². The summed E-state index contributed by atoms with van der Waals surface area (Å²) in [5.74, 6) is 1.42. The van der Waals surface area contributed by atoms with E-state index in [4.69, 9.17) is 4.42 Å². The molecule has 1 unspecified atom stereocenters. The molecule has 0 saturated heterocycles. The van der Waals surface area contributed by atoms with Crippen molar-refractivity contribution in [1.29, 1.82) is 0 Å². The summed E-state index contributed by atoms with van der Waals surface area (Å²) in [6, 6.07) is 13.0. The third-order valence-electron chi connectivity index (χ3n) is 3.92. The highest BCUT2D eigenvalue weighted by molar-refractivity contribution is 7.13. The molecule has 0 aliphatic heterocycles. The van der Waals surface area contributed by atoms with Gasteiger partial charge in [0.05, 0.1) is 6.26 Å². The van der Waals surface area contributed by atoms with Gasteiger partial charge in [-0.2, -0.15) is 0 Å². The Hall–Kier alpha value is -1.58. The van der Waals surface area contributed by atoms with E-state index in [0.717, 1.165) is 25.0 Å². The molecular weight excluding hydrogens is 320 g/mol. The van der Waals surface area contributed by atoms with Crippen molar-refractivity contribution in [3.8, 4) is 0 Å². The van der Waals surface area contributed by atoms with Gasteiger partial charge in [-0.15, -0.1) is 22.7 Å². The van der Waals surface area contributed by atoms with Gasteiger partial charge in [0.1, 0.15) is 5.76 Å². The largest absolute Gasteiger partial charge is 0.469 e. The smallest absolute Gasteiger partial charge is 0.104 e. The minimum absolute atomic E-state index is 0.374. The van der Waals surface area contributed by atoms with Gasteiger partial charge in [-0.3, -0.25) is 0 Å². The van der Waals surface area contributed by atoms with Crippen LogP contribution in [0.1, 0.15) is 45.0 Å². The van der Waals surface area contributed by atoms with Crippen LogP contribution in [0.2, 0.25) is 0 Å². The summed E-state index contributed by atoms with van der Waals surface area (Å²) < 4.78 is 5.57. The molecule has 1 atom stereocenters. The van der Waals surface area contributed by atoms with E-state index in [0.29, 0.717) is 5.92 Å². The summed E-state index contributed by atoms with van der Waals surface area (Å²) in [5, 5.41) is 0. The van der Waals surface area contributed by atoms with Crippen LogP contribution in [0.25, 0.3) is 6.08 Å². The highest BCUT2D eigenvalue weighted by atomic mass is 32.1. The second kappa shape index (κ2) is 7.80. The Bertz CT molecular complexity index is 746. The van der Waals surface area contributed by atoms with Gasteiger partial charge >= 0.3 is 0 Å². The van der Waals surface area contributed by atoms with E-state index < -0.39 is 0 Å². The van der Waals surface area contributed by atoms with Crippen LogP contribution in [0.15, 0.2) is 53.2 Å². The Morgan fingerprint density at radius 1 is 1.00 bits per heavy atom. The average molecular weight is 343 g/mol. The van der Waals surface area contributed by atoms with Crippen molar-refractivity contribution in [3.05, 3.63) is 74.0 Å². The number of furan rings is 1. The first-order valence-corrected chi connectivity index (χ1v) is 9.79. The van der Waals surface area contributed by atoms with E-state index in [-0.39, 0.29) is 0 Å². The summed E-state index contributed by atoms with van der Waals surface area (Å²) in [4.78, 5) is 5.64. The molecule has 0 saturated carbocycles. The molecule has 3 heteroatoms. The lowest BCUT2D eigenvalue weighted by Crippen LogP contribution is -1.96. The monoisotopic (exact) mass is 342 g/mol. The molecule has 0 bridgehead atoms. The van der Waals surface area contributed by atoms with E-state index in [9.17, 15) is 0 Å². The maximum absolute atomic E-state index is 5.57. The molecule has 0 fully saturated rings. The molecule has 1 nitrogen and oxygen atoms in total. The molecule has 0 aromatic carbocycles. The number of aryl methyl sites for hydroxylation is 2. The summed E-state index contributed by atoms with van der Waals surface area (Å²) in [6.45, 7) is 4.42. The summed E-state index contributed by atoms with van der Waals surface area (Å²) in [7, 11) is 0. The number of hydrogen-bond donors (Lipinski definition) is 0. The molecule has 0 N–H and O–H groups in total. The van der Waals surface area contributed by atoms with Crippen molar-refractivity contribution in [2.45, 2.75) is 39.0 Å². The molecule has 0 spiro atoms. The number of rotatable bonds is 7. The fourth-order valence-corrected chi connectivity index (χ4v) is 4.48. The number of thiophene rings is 2. The summed E-state index contributed by atoms with van der Waals surface area (Å²) >= 11 is 3.80. The maximum atomic E-state index is 5.57. The van der Waals surface area contributed by atoms with Crippen molar-refractivity contribution in [2.24, 2.45) is 0 Å². The van der Waals surface area contributed by atoms with Gasteiger partial charge in [-0.05, 0) is 55.3 Å². The lowest BCUT2D eigenvalue weighted by Gasteiger charge is -2.09. The van der Waals surface area contributed by atoms with Crippen molar-refractivity contribution in [1.82, 2.24) is 0 Å². The van der Waals surface area contributed by atoms with Crippen molar-refractivity contribution in [2.75, 3.05) is 0 Å². The predicted molar refractivity (Wildman–Crippen MR) is 102 cm³/mol. The van der Waals surface area contributed by atoms with Crippen LogP contribution in [0.3, 0.4) is 0 Å². The maximum Gasteiger partial charge on any atom is 0.104 e. The molecule has 0 aliphatic rings. The molecule has 3 heterocycles. The van der Waals surface area contributed by atoms with Crippen LogP contribution < -0.4 is 0 Å². The van der Waals surface area contributed by atoms with Crippen molar-refractivity contribution < 1.29 is 4.42 Å². The molecule has 120 valence electrons. The Morgan fingerprint density at radius 2 is 1.78 bits per heavy atom. The van der Waals surface area contributed by atoms with Crippen LogP contribution in [-0.2, 0) is 19.3 Å². The van der Waals surface area contributed by atoms with Gasteiger partial charge in [0.15, 0.2) is 0 Å². The highest BCUT2D eigenvalue weighted by Gasteiger charge is 2.13. The first kappa shape index (κ1) is 16.3. The second-order valence-corrected chi connectivity index (χ2v) is 7.96. The molecule has 3 rings (SSSR count). The SMILES string of the molecule is CCc1ccc(/C=C/C(Cc2ccco2)c2ccc(CC)s2)s1. The van der Waals surface area contributed by atoms with Gasteiger partial charge < -0.3 is 4.42 Å². The fourth-order valence-electron chi connectivity index (χ4n) is 2.58. The quantitative estimate of drug-likeness (QED) is 0.473. The van der Waals surface area contributed by atoms with Crippen LogP contribution in [0.4, 0.5) is 0 Å². The fraction of sp³-hybridized carbons (Fsp3) is 0.300. The molecule has 0 amide bonds. The molecule has 3 aromatic heterocycles. The van der Waals surface area contributed by atoms with Gasteiger partial charge in [-0.1, -0.05) is 19.9 Å². The Balaban J connectivity index is 1.81. The lowest BCUT2D eigenvalue weighted by atomic mass is 10.0. The highest BCUT2D eigenvalue weighted by Crippen LogP contribution is 2.31. The minimum atomic E-state index is 0.374. The third-order valence-corrected chi connectivity index (χ3v) is 6.48. The Kier molecular flexibility index (Phi) is 5.52. The zero-order chi connectivity index (χ0) is 16.1. The summed E-state index contributed by atoms with van der Waals surface area (Å²) in [6.07, 6.45) is 9.49. The molecule has 23 heavy (non-hydrogen) atoms. The normalized spacial score (nSPS) is 13.0. The zero-order valence-corrected chi connectivity index (χ0v) is 15.3. The minimum Gasteiger partial charge on any atom is -0.469 e. The average Bonchev–Trinajstić information content (AvgIpc) is 3.31. The van der Waals surface area contributed by atoms with Crippen LogP contribution in [0.5, 0.6) is 0 Å². The first-order chi connectivity index (χ1) is 11.3. The summed E-state index contributed by atoms with van der Waals surface area (Å²) in [5.41, 5.74) is 0. The number of allylic oxidation sites excluding steroid dienone is 1. The van der Waals surface area contributed by atoms with E-state index >= 15 is 0 Å². The third kappa shape index (κ3) is 4.24.